The van der Waals surface area contributed by atoms with E-state index in [0.717, 1.165) is 5.69 Å². The predicted octanol–water partition coefficient (Wildman–Crippen LogP) is 2.72. The molecule has 1 N–H and O–H groups in total. The summed E-state index contributed by atoms with van der Waals surface area (Å²) in [5.41, 5.74) is 0.904. The summed E-state index contributed by atoms with van der Waals surface area (Å²) in [5.74, 6) is 0.768. The molecule has 0 saturated heterocycles. The number of aromatic nitrogens is 4. The molecule has 2 aromatic heterocycles. The Hall–Kier alpha value is -1.14. The van der Waals surface area contributed by atoms with Crippen LogP contribution in [0, 0.1) is 6.92 Å². The van der Waals surface area contributed by atoms with Gasteiger partial charge in [-0.3, -0.25) is 5.10 Å². The predicted molar refractivity (Wildman–Crippen MR) is 58.1 cm³/mol. The summed E-state index contributed by atoms with van der Waals surface area (Å²) in [4.78, 5) is 7.71. The Kier molecular flexibility index (Phi) is 2.88. The van der Waals surface area contributed by atoms with Gasteiger partial charge in [0.15, 0.2) is 5.15 Å². The molecule has 0 aliphatic heterocycles. The highest BCUT2D eigenvalue weighted by molar-refractivity contribution is 9.10. The van der Waals surface area contributed by atoms with Gasteiger partial charge in [0.25, 0.3) is 0 Å². The molecule has 0 aliphatic carbocycles. The van der Waals surface area contributed by atoms with Crippen molar-refractivity contribution in [2.75, 3.05) is 0 Å². The van der Waals surface area contributed by atoms with Crippen molar-refractivity contribution in [3.63, 3.8) is 0 Å². The van der Waals surface area contributed by atoms with Crippen LogP contribution in [-0.2, 0) is 0 Å². The number of aromatic amines is 1. The lowest BCUT2D eigenvalue weighted by atomic mass is 10.5. The summed E-state index contributed by atoms with van der Waals surface area (Å²) in [7, 11) is 0. The molecule has 0 radical (unpaired) electrons. The first kappa shape index (κ1) is 10.4. The number of H-pyrrole nitrogens is 1. The Morgan fingerprint density at radius 1 is 1.47 bits per heavy atom. The number of ether oxygens (including phenoxy) is 1. The minimum absolute atomic E-state index is 0.298. The van der Waals surface area contributed by atoms with Crippen molar-refractivity contribution in [2.24, 2.45) is 0 Å². The van der Waals surface area contributed by atoms with Crippen LogP contribution in [0.25, 0.3) is 0 Å². The van der Waals surface area contributed by atoms with Crippen LogP contribution in [-0.4, -0.2) is 20.2 Å². The first-order valence-corrected chi connectivity index (χ1v) is 5.20. The summed E-state index contributed by atoms with van der Waals surface area (Å²) in [6, 6.07) is 1.75. The van der Waals surface area contributed by atoms with Gasteiger partial charge >= 0.3 is 0 Å². The number of hydrogen-bond acceptors (Lipinski definition) is 4. The highest BCUT2D eigenvalue weighted by Gasteiger charge is 2.10. The monoisotopic (exact) mass is 288 g/mol. The lowest BCUT2D eigenvalue weighted by Gasteiger charge is -2.02. The van der Waals surface area contributed by atoms with Gasteiger partial charge in [0.1, 0.15) is 10.8 Å². The fourth-order valence-electron chi connectivity index (χ4n) is 0.949. The van der Waals surface area contributed by atoms with Crippen molar-refractivity contribution < 1.29 is 4.74 Å². The van der Waals surface area contributed by atoms with Gasteiger partial charge in [-0.05, 0) is 22.9 Å². The summed E-state index contributed by atoms with van der Waals surface area (Å²) in [6.07, 6.45) is 1.32. The molecule has 5 nitrogen and oxygen atoms in total. The van der Waals surface area contributed by atoms with Crippen LogP contribution in [0.15, 0.2) is 16.9 Å². The van der Waals surface area contributed by atoms with E-state index >= 15 is 0 Å². The SMILES string of the molecule is Cc1cc(Oc2ncnc(Cl)c2Br)n[nH]1. The van der Waals surface area contributed by atoms with E-state index in [1.807, 2.05) is 6.92 Å². The van der Waals surface area contributed by atoms with Crippen molar-refractivity contribution in [1.29, 1.82) is 0 Å². The van der Waals surface area contributed by atoms with Gasteiger partial charge < -0.3 is 4.74 Å². The number of nitrogens with zero attached hydrogens (tertiary/aromatic N) is 3. The second kappa shape index (κ2) is 4.16. The normalized spacial score (nSPS) is 10.3. The van der Waals surface area contributed by atoms with Crippen LogP contribution in [0.4, 0.5) is 0 Å². The van der Waals surface area contributed by atoms with E-state index < -0.39 is 0 Å². The van der Waals surface area contributed by atoms with Gasteiger partial charge in [-0.25, -0.2) is 9.97 Å². The third-order valence-corrected chi connectivity index (χ3v) is 2.83. The minimum atomic E-state index is 0.298. The molecule has 0 atom stereocenters. The number of hydrogen-bond donors (Lipinski definition) is 1. The third kappa shape index (κ3) is 2.27. The molecular weight excluding hydrogens is 283 g/mol. The van der Waals surface area contributed by atoms with Crippen LogP contribution in [0.2, 0.25) is 5.15 Å². The van der Waals surface area contributed by atoms with Gasteiger partial charge in [0, 0.05) is 11.8 Å². The number of aryl methyl sites for hydroxylation is 1. The first-order valence-electron chi connectivity index (χ1n) is 4.02. The van der Waals surface area contributed by atoms with E-state index in [1.54, 1.807) is 6.07 Å². The topological polar surface area (TPSA) is 63.7 Å². The Morgan fingerprint density at radius 3 is 2.93 bits per heavy atom. The standard InChI is InChI=1S/C8H6BrClN4O/c1-4-2-5(14-13-4)15-8-6(9)7(10)11-3-12-8/h2-3H,1H3,(H,13,14). The van der Waals surface area contributed by atoms with Crippen molar-refractivity contribution in [2.45, 2.75) is 6.92 Å². The molecule has 0 amide bonds. The molecule has 2 aromatic rings. The lowest BCUT2D eigenvalue weighted by molar-refractivity contribution is 0.439. The Labute approximate surface area is 99.0 Å². The average molecular weight is 290 g/mol. The van der Waals surface area contributed by atoms with E-state index in [2.05, 4.69) is 36.1 Å². The maximum Gasteiger partial charge on any atom is 0.240 e. The van der Waals surface area contributed by atoms with Crippen LogP contribution in [0.5, 0.6) is 11.8 Å². The molecule has 15 heavy (non-hydrogen) atoms. The van der Waals surface area contributed by atoms with Crippen LogP contribution in [0.1, 0.15) is 5.69 Å². The van der Waals surface area contributed by atoms with Gasteiger partial charge in [-0.1, -0.05) is 11.6 Å². The van der Waals surface area contributed by atoms with E-state index in [1.165, 1.54) is 6.33 Å². The van der Waals surface area contributed by atoms with E-state index in [0.29, 0.717) is 21.4 Å². The molecule has 7 heteroatoms. The summed E-state index contributed by atoms with van der Waals surface area (Å²) >= 11 is 9.00. The zero-order valence-corrected chi connectivity index (χ0v) is 10.0. The third-order valence-electron chi connectivity index (χ3n) is 1.60. The molecule has 0 aliphatic rings. The lowest BCUT2D eigenvalue weighted by Crippen LogP contribution is -1.91. The first-order chi connectivity index (χ1) is 7.16. The Morgan fingerprint density at radius 2 is 2.27 bits per heavy atom. The van der Waals surface area contributed by atoms with Crippen molar-refractivity contribution in [3.8, 4) is 11.8 Å². The number of nitrogens with one attached hydrogen (secondary N) is 1. The van der Waals surface area contributed by atoms with Gasteiger partial charge in [-0.2, -0.15) is 0 Å². The molecule has 0 saturated carbocycles. The van der Waals surface area contributed by atoms with Crippen molar-refractivity contribution in [1.82, 2.24) is 20.2 Å². The van der Waals surface area contributed by atoms with E-state index in [-0.39, 0.29) is 0 Å². The molecular formula is C8H6BrClN4O. The summed E-state index contributed by atoms with van der Waals surface area (Å²) in [6.45, 7) is 1.88. The van der Waals surface area contributed by atoms with Gasteiger partial charge in [0.2, 0.25) is 11.8 Å². The van der Waals surface area contributed by atoms with Crippen LogP contribution in [0.3, 0.4) is 0 Å². The Bertz CT molecular complexity index is 487. The molecule has 2 rings (SSSR count). The van der Waals surface area contributed by atoms with Crippen LogP contribution >= 0.6 is 27.5 Å². The number of halogens is 2. The molecule has 0 spiro atoms. The smallest absolute Gasteiger partial charge is 0.240 e. The molecule has 78 valence electrons. The zero-order valence-electron chi connectivity index (χ0n) is 7.66. The molecule has 0 fully saturated rings. The average Bonchev–Trinajstić information content (AvgIpc) is 2.59. The zero-order chi connectivity index (χ0) is 10.8. The maximum atomic E-state index is 5.78. The van der Waals surface area contributed by atoms with Gasteiger partial charge in [-0.15, -0.1) is 5.10 Å². The highest BCUT2D eigenvalue weighted by Crippen LogP contribution is 2.30. The minimum Gasteiger partial charge on any atom is -0.418 e. The largest absolute Gasteiger partial charge is 0.418 e. The number of rotatable bonds is 2. The second-order valence-electron chi connectivity index (χ2n) is 2.77. The fraction of sp³-hybridized carbons (Fsp3) is 0.125. The molecule has 0 unspecified atom stereocenters. The van der Waals surface area contributed by atoms with Crippen LogP contribution < -0.4 is 4.74 Å². The maximum absolute atomic E-state index is 5.78. The highest BCUT2D eigenvalue weighted by atomic mass is 79.9. The molecule has 2 heterocycles. The molecule has 0 aromatic carbocycles. The summed E-state index contributed by atoms with van der Waals surface area (Å²) in [5, 5.41) is 6.96. The second-order valence-corrected chi connectivity index (χ2v) is 3.93. The van der Waals surface area contributed by atoms with Crippen molar-refractivity contribution >= 4 is 27.5 Å². The quantitative estimate of drug-likeness (QED) is 0.863. The Balaban J connectivity index is 2.28. The van der Waals surface area contributed by atoms with Gasteiger partial charge in [0.05, 0.1) is 0 Å². The molecule has 0 bridgehead atoms. The summed E-state index contributed by atoms with van der Waals surface area (Å²) < 4.78 is 5.89. The fourth-order valence-corrected chi connectivity index (χ4v) is 1.36. The van der Waals surface area contributed by atoms with Crippen molar-refractivity contribution in [3.05, 3.63) is 27.7 Å². The van der Waals surface area contributed by atoms with E-state index in [9.17, 15) is 0 Å². The van der Waals surface area contributed by atoms with E-state index in [4.69, 9.17) is 16.3 Å².